The zero-order valence-electron chi connectivity index (χ0n) is 24.4. The van der Waals surface area contributed by atoms with Gasteiger partial charge >= 0.3 is 6.09 Å². The van der Waals surface area contributed by atoms with Gasteiger partial charge in [-0.2, -0.15) is 5.10 Å². The summed E-state index contributed by atoms with van der Waals surface area (Å²) in [6.45, 7) is 5.61. The molecule has 2 amide bonds. The molecule has 1 unspecified atom stereocenters. The van der Waals surface area contributed by atoms with E-state index in [9.17, 15) is 14.7 Å². The number of aromatic nitrogens is 3. The number of hydrogen-bond donors (Lipinski definition) is 2. The number of benzene rings is 3. The van der Waals surface area contributed by atoms with Gasteiger partial charge in [0.25, 0.3) is 5.91 Å². The number of carbonyl (C=O) groups is 2. The molecule has 5 rings (SSSR count). The fourth-order valence-corrected chi connectivity index (χ4v) is 5.75. The lowest BCUT2D eigenvalue weighted by molar-refractivity contribution is -0.135. The number of aliphatic hydroxyl groups excluding tert-OH is 1. The zero-order chi connectivity index (χ0) is 31.5. The van der Waals surface area contributed by atoms with E-state index in [0.717, 1.165) is 10.0 Å². The van der Waals surface area contributed by atoms with Gasteiger partial charge < -0.3 is 9.84 Å². The molecule has 1 aliphatic heterocycles. The van der Waals surface area contributed by atoms with Crippen molar-refractivity contribution in [1.29, 1.82) is 0 Å². The summed E-state index contributed by atoms with van der Waals surface area (Å²) in [6, 6.07) is 20.8. The fraction of sp³-hybridized carbons (Fsp3) is 0.281. The van der Waals surface area contributed by atoms with Gasteiger partial charge in [-0.25, -0.2) is 19.5 Å². The Morgan fingerprint density at radius 3 is 2.48 bits per heavy atom. The summed E-state index contributed by atoms with van der Waals surface area (Å²) in [7, 11) is 0. The Balaban J connectivity index is 1.58. The molecular weight excluding hydrogens is 648 g/mol. The molecule has 2 atom stereocenters. The molecule has 1 aromatic heterocycles. The monoisotopic (exact) mass is 678 g/mol. The third-order valence-electron chi connectivity index (χ3n) is 7.14. The highest BCUT2D eigenvalue weighted by Crippen LogP contribution is 2.45. The molecule has 3 aromatic carbocycles. The maximum atomic E-state index is 14.8. The van der Waals surface area contributed by atoms with Crippen LogP contribution in [0.1, 0.15) is 49.9 Å². The van der Waals surface area contributed by atoms with E-state index in [1.54, 1.807) is 18.2 Å². The van der Waals surface area contributed by atoms with Crippen LogP contribution < -0.4 is 5.32 Å². The van der Waals surface area contributed by atoms with Crippen LogP contribution in [0.3, 0.4) is 0 Å². The molecule has 10 nitrogen and oxygen atoms in total. The van der Waals surface area contributed by atoms with E-state index in [0.29, 0.717) is 28.3 Å². The summed E-state index contributed by atoms with van der Waals surface area (Å²) >= 11 is 9.96. The highest BCUT2D eigenvalue weighted by Gasteiger charge is 2.54. The Bertz CT molecular complexity index is 1660. The molecule has 0 bridgehead atoms. The summed E-state index contributed by atoms with van der Waals surface area (Å²) in [5, 5.41) is 18.1. The molecule has 2 N–H and O–H groups in total. The first kappa shape index (κ1) is 31.4. The van der Waals surface area contributed by atoms with Gasteiger partial charge in [-0.1, -0.05) is 96.8 Å². The van der Waals surface area contributed by atoms with E-state index in [-0.39, 0.29) is 18.0 Å². The van der Waals surface area contributed by atoms with Crippen LogP contribution in [0, 0.1) is 5.41 Å². The molecule has 0 radical (unpaired) electrons. The number of hydrogen-bond acceptors (Lipinski definition) is 7. The molecular formula is C32H32BrClN6O4. The van der Waals surface area contributed by atoms with Crippen LogP contribution in [0.15, 0.2) is 94.9 Å². The van der Waals surface area contributed by atoms with Gasteiger partial charge in [-0.15, -0.1) is 0 Å². The van der Waals surface area contributed by atoms with Gasteiger partial charge in [0.1, 0.15) is 19.3 Å². The number of rotatable bonds is 8. The first-order chi connectivity index (χ1) is 21.0. The molecule has 0 aliphatic carbocycles. The number of halogens is 2. The van der Waals surface area contributed by atoms with Crippen molar-refractivity contribution in [2.75, 3.05) is 6.61 Å². The molecule has 4 aromatic rings. The number of aliphatic imine (C=N–C) groups is 1. The first-order valence-corrected chi connectivity index (χ1v) is 15.1. The van der Waals surface area contributed by atoms with E-state index < -0.39 is 30.2 Å². The summed E-state index contributed by atoms with van der Waals surface area (Å²) in [5.74, 6) is -0.430. The van der Waals surface area contributed by atoms with Crippen molar-refractivity contribution in [2.24, 2.45) is 10.4 Å². The van der Waals surface area contributed by atoms with Gasteiger partial charge in [0.15, 0.2) is 5.54 Å². The third-order valence-corrected chi connectivity index (χ3v) is 7.99. The number of nitrogens with zero attached hydrogens (tertiary/aromatic N) is 5. The van der Waals surface area contributed by atoms with E-state index in [2.05, 4.69) is 31.3 Å². The second kappa shape index (κ2) is 12.9. The lowest BCUT2D eigenvalue weighted by atomic mass is 9.75. The predicted octanol–water partition coefficient (Wildman–Crippen LogP) is 6.17. The quantitative estimate of drug-likeness (QED) is 0.230. The van der Waals surface area contributed by atoms with Gasteiger partial charge in [0.05, 0.1) is 23.4 Å². The number of aliphatic hydroxyl groups is 1. The average molecular weight is 680 g/mol. The van der Waals surface area contributed by atoms with Crippen molar-refractivity contribution in [3.63, 3.8) is 0 Å². The van der Waals surface area contributed by atoms with E-state index in [1.807, 2.05) is 75.4 Å². The van der Waals surface area contributed by atoms with Crippen molar-refractivity contribution < 1.29 is 19.4 Å². The Labute approximate surface area is 268 Å². The number of ether oxygens (including phenoxy) is 1. The van der Waals surface area contributed by atoms with Gasteiger partial charge in [0, 0.05) is 4.47 Å². The minimum absolute atomic E-state index is 0.0234. The molecule has 0 fully saturated rings. The molecule has 2 heterocycles. The normalized spacial score (nSPS) is 17.4. The van der Waals surface area contributed by atoms with Crippen molar-refractivity contribution >= 4 is 45.5 Å². The molecule has 0 saturated carbocycles. The third kappa shape index (κ3) is 6.69. The van der Waals surface area contributed by atoms with Crippen LogP contribution in [0.25, 0.3) is 5.69 Å². The molecule has 228 valence electrons. The maximum Gasteiger partial charge on any atom is 0.414 e. The maximum absolute atomic E-state index is 14.8. The number of nitrogens with one attached hydrogen (secondary N) is 1. The molecule has 1 aliphatic rings. The Morgan fingerprint density at radius 2 is 1.84 bits per heavy atom. The van der Waals surface area contributed by atoms with Crippen LogP contribution >= 0.6 is 27.5 Å². The lowest BCUT2D eigenvalue weighted by Crippen LogP contribution is -2.49. The smallest absolute Gasteiger partial charge is 0.414 e. The SMILES string of the molecule is CC(C)(C)CC1(c2ccc(Br)cc2)N=C(NC(=O)OCc2ccccc2)N([C@H](CO)c2ccc(Cl)c(-n3cncn3)c2)C1=O. The minimum Gasteiger partial charge on any atom is -0.444 e. The number of amides is 2. The van der Waals surface area contributed by atoms with Crippen molar-refractivity contribution in [3.8, 4) is 5.69 Å². The van der Waals surface area contributed by atoms with Gasteiger partial charge in [0.2, 0.25) is 5.96 Å². The summed E-state index contributed by atoms with van der Waals surface area (Å²) in [5.41, 5.74) is 0.762. The van der Waals surface area contributed by atoms with Crippen LogP contribution in [0.2, 0.25) is 5.02 Å². The predicted molar refractivity (Wildman–Crippen MR) is 170 cm³/mol. The second-order valence-electron chi connectivity index (χ2n) is 11.7. The van der Waals surface area contributed by atoms with E-state index in [1.165, 1.54) is 22.2 Å². The first-order valence-electron chi connectivity index (χ1n) is 13.9. The molecule has 0 saturated heterocycles. The van der Waals surface area contributed by atoms with E-state index >= 15 is 0 Å². The fourth-order valence-electron chi connectivity index (χ4n) is 5.29. The zero-order valence-corrected chi connectivity index (χ0v) is 26.8. The van der Waals surface area contributed by atoms with Crippen LogP contribution in [0.5, 0.6) is 0 Å². The summed E-state index contributed by atoms with van der Waals surface area (Å²) < 4.78 is 7.83. The largest absolute Gasteiger partial charge is 0.444 e. The molecule has 0 spiro atoms. The Hall–Kier alpha value is -4.06. The van der Waals surface area contributed by atoms with Crippen molar-refractivity contribution in [2.45, 2.75) is 45.4 Å². The van der Waals surface area contributed by atoms with Crippen LogP contribution in [-0.4, -0.2) is 49.3 Å². The lowest BCUT2D eigenvalue weighted by Gasteiger charge is -2.34. The van der Waals surface area contributed by atoms with Crippen molar-refractivity contribution in [1.82, 2.24) is 25.0 Å². The Kier molecular flexibility index (Phi) is 9.19. The van der Waals surface area contributed by atoms with Gasteiger partial charge in [-0.05, 0) is 52.8 Å². The van der Waals surface area contributed by atoms with E-state index in [4.69, 9.17) is 21.3 Å². The topological polar surface area (TPSA) is 122 Å². The summed E-state index contributed by atoms with van der Waals surface area (Å²) in [6.07, 6.45) is 2.41. The standard InChI is InChI=1S/C32H32BrClN6O4/c1-31(2,3)18-32(23-10-12-24(33)13-11-23)28(42)40(29(38-32)37-30(43)44-17-21-7-5-4-6-8-21)27(16-41)22-9-14-25(34)26(15-22)39-20-35-19-36-39/h4-15,19-20,27,41H,16-18H2,1-3H3,(H,37,38,43)/t27-,32?/m1/s1. The van der Waals surface area contributed by atoms with Crippen LogP contribution in [0.4, 0.5) is 4.79 Å². The second-order valence-corrected chi connectivity index (χ2v) is 13.0. The number of guanidine groups is 1. The van der Waals surface area contributed by atoms with Crippen LogP contribution in [-0.2, 0) is 21.7 Å². The van der Waals surface area contributed by atoms with Crippen molar-refractivity contribution in [3.05, 3.63) is 112 Å². The molecule has 44 heavy (non-hydrogen) atoms. The van der Waals surface area contributed by atoms with Gasteiger partial charge in [-0.3, -0.25) is 15.0 Å². The summed E-state index contributed by atoms with van der Waals surface area (Å²) in [4.78, 5) is 38.2. The Morgan fingerprint density at radius 1 is 1.11 bits per heavy atom. The highest BCUT2D eigenvalue weighted by molar-refractivity contribution is 9.10. The number of carbonyl (C=O) groups excluding carboxylic acids is 2. The molecule has 12 heteroatoms. The number of alkyl carbamates (subject to hydrolysis) is 1. The highest BCUT2D eigenvalue weighted by atomic mass is 79.9. The average Bonchev–Trinajstić information content (AvgIpc) is 3.61. The minimum atomic E-state index is -1.39.